The van der Waals surface area contributed by atoms with Gasteiger partial charge in [-0.25, -0.2) is 5.43 Å². The molecule has 0 heterocycles. The number of rotatable bonds is 13. The number of methoxy groups -OCH3 is 3. The molecule has 1 N–H and O–H groups in total. The van der Waals surface area contributed by atoms with E-state index in [4.69, 9.17) is 14.2 Å². The van der Waals surface area contributed by atoms with Crippen molar-refractivity contribution in [2.75, 3.05) is 21.3 Å². The zero-order chi connectivity index (χ0) is 19.2. The Kier molecular flexibility index (Phi) is 10.9. The van der Waals surface area contributed by atoms with Crippen molar-refractivity contribution in [2.45, 2.75) is 58.3 Å². The summed E-state index contributed by atoms with van der Waals surface area (Å²) < 4.78 is 15.8. The molecule has 0 radical (unpaired) electrons. The van der Waals surface area contributed by atoms with Gasteiger partial charge in [0.05, 0.1) is 27.5 Å². The largest absolute Gasteiger partial charge is 0.496 e. The Balaban J connectivity index is 2.44. The van der Waals surface area contributed by atoms with Crippen LogP contribution in [-0.4, -0.2) is 33.5 Å². The Labute approximate surface area is 156 Å². The smallest absolute Gasteiger partial charge is 0.240 e. The zero-order valence-electron chi connectivity index (χ0n) is 16.5. The van der Waals surface area contributed by atoms with Gasteiger partial charge in [0.25, 0.3) is 0 Å². The van der Waals surface area contributed by atoms with Crippen LogP contribution in [0.15, 0.2) is 17.2 Å². The van der Waals surface area contributed by atoms with Crippen molar-refractivity contribution in [3.05, 3.63) is 17.7 Å². The summed E-state index contributed by atoms with van der Waals surface area (Å²) in [5.74, 6) is 1.66. The Morgan fingerprint density at radius 3 is 2.12 bits per heavy atom. The van der Waals surface area contributed by atoms with Crippen LogP contribution in [-0.2, 0) is 4.79 Å². The number of benzene rings is 1. The molecule has 0 aliphatic carbocycles. The number of hydrogen-bond acceptors (Lipinski definition) is 5. The van der Waals surface area contributed by atoms with Crippen LogP contribution in [0.5, 0.6) is 17.2 Å². The van der Waals surface area contributed by atoms with Crippen LogP contribution < -0.4 is 19.6 Å². The molecule has 0 fully saturated rings. The Morgan fingerprint density at radius 1 is 0.923 bits per heavy atom. The minimum atomic E-state index is -0.0748. The molecule has 0 bridgehead atoms. The van der Waals surface area contributed by atoms with Crippen LogP contribution in [0.4, 0.5) is 0 Å². The maximum Gasteiger partial charge on any atom is 0.240 e. The van der Waals surface area contributed by atoms with Gasteiger partial charge in [-0.2, -0.15) is 5.10 Å². The summed E-state index contributed by atoms with van der Waals surface area (Å²) in [4.78, 5) is 11.8. The first kappa shape index (κ1) is 21.8. The molecule has 6 nitrogen and oxygen atoms in total. The molecule has 26 heavy (non-hydrogen) atoms. The lowest BCUT2D eigenvalue weighted by Crippen LogP contribution is -2.17. The number of hydrogen-bond donors (Lipinski definition) is 1. The Hall–Kier alpha value is -2.24. The van der Waals surface area contributed by atoms with E-state index in [0.717, 1.165) is 12.8 Å². The summed E-state index contributed by atoms with van der Waals surface area (Å²) in [6.07, 6.45) is 10.3. The fourth-order valence-corrected chi connectivity index (χ4v) is 2.63. The van der Waals surface area contributed by atoms with Crippen LogP contribution in [0, 0.1) is 0 Å². The maximum absolute atomic E-state index is 11.8. The maximum atomic E-state index is 11.8. The third kappa shape index (κ3) is 7.76. The van der Waals surface area contributed by atoms with E-state index >= 15 is 0 Å². The second-order valence-electron chi connectivity index (χ2n) is 6.11. The zero-order valence-corrected chi connectivity index (χ0v) is 16.5. The van der Waals surface area contributed by atoms with Crippen LogP contribution in [0.3, 0.4) is 0 Å². The van der Waals surface area contributed by atoms with Gasteiger partial charge in [0.2, 0.25) is 5.91 Å². The van der Waals surface area contributed by atoms with Gasteiger partial charge in [-0.15, -0.1) is 0 Å². The fraction of sp³-hybridized carbons (Fsp3) is 0.600. The first-order valence-electron chi connectivity index (χ1n) is 9.28. The van der Waals surface area contributed by atoms with Crippen molar-refractivity contribution in [1.82, 2.24) is 5.43 Å². The van der Waals surface area contributed by atoms with Crippen molar-refractivity contribution in [3.8, 4) is 17.2 Å². The lowest BCUT2D eigenvalue weighted by atomic mass is 10.1. The fourth-order valence-electron chi connectivity index (χ4n) is 2.63. The first-order chi connectivity index (χ1) is 12.7. The van der Waals surface area contributed by atoms with Gasteiger partial charge in [-0.05, 0) is 12.5 Å². The second kappa shape index (κ2) is 13.0. The third-order valence-corrected chi connectivity index (χ3v) is 4.14. The van der Waals surface area contributed by atoms with Gasteiger partial charge in [0.1, 0.15) is 5.75 Å². The van der Waals surface area contributed by atoms with Gasteiger partial charge in [0, 0.05) is 18.1 Å². The average Bonchev–Trinajstić information content (AvgIpc) is 2.66. The minimum Gasteiger partial charge on any atom is -0.496 e. The molecule has 0 unspecified atom stereocenters. The van der Waals surface area contributed by atoms with Crippen LogP contribution in [0.1, 0.15) is 63.9 Å². The predicted octanol–water partition coefficient (Wildman–Crippen LogP) is 4.30. The number of ether oxygens (including phenoxy) is 3. The lowest BCUT2D eigenvalue weighted by Gasteiger charge is -2.11. The molecular weight excluding hydrogens is 332 g/mol. The van der Waals surface area contributed by atoms with Crippen molar-refractivity contribution in [1.29, 1.82) is 0 Å². The van der Waals surface area contributed by atoms with Crippen LogP contribution in [0.25, 0.3) is 0 Å². The first-order valence-corrected chi connectivity index (χ1v) is 9.28. The van der Waals surface area contributed by atoms with E-state index in [9.17, 15) is 4.79 Å². The molecule has 1 aromatic carbocycles. The summed E-state index contributed by atoms with van der Waals surface area (Å²) in [5.41, 5.74) is 3.26. The van der Waals surface area contributed by atoms with Gasteiger partial charge >= 0.3 is 0 Å². The molecule has 6 heteroatoms. The van der Waals surface area contributed by atoms with E-state index in [0.29, 0.717) is 29.2 Å². The van der Waals surface area contributed by atoms with Crippen LogP contribution >= 0.6 is 0 Å². The highest BCUT2D eigenvalue weighted by Gasteiger charge is 2.10. The highest BCUT2D eigenvalue weighted by molar-refractivity contribution is 5.86. The number of nitrogens with zero attached hydrogens (tertiary/aromatic N) is 1. The molecule has 0 aliphatic heterocycles. The third-order valence-electron chi connectivity index (χ3n) is 4.14. The number of unbranched alkanes of at least 4 members (excludes halogenated alkanes) is 6. The Morgan fingerprint density at radius 2 is 1.50 bits per heavy atom. The standard InChI is InChI=1S/C20H32N2O4/c1-5-6-7-8-9-10-11-12-20(23)22-21-15-16-13-18(25-3)19(26-4)14-17(16)24-2/h13-15H,5-12H2,1-4H3,(H,22,23). The predicted molar refractivity (Wildman–Crippen MR) is 104 cm³/mol. The lowest BCUT2D eigenvalue weighted by molar-refractivity contribution is -0.121. The van der Waals surface area contributed by atoms with Gasteiger partial charge in [-0.3, -0.25) is 4.79 Å². The molecule has 1 aromatic rings. The quantitative estimate of drug-likeness (QED) is 0.322. The SMILES string of the molecule is CCCCCCCCCC(=O)NN=Cc1cc(OC)c(OC)cc1OC. The van der Waals surface area contributed by atoms with Gasteiger partial charge < -0.3 is 14.2 Å². The van der Waals surface area contributed by atoms with E-state index in [1.54, 1.807) is 39.7 Å². The van der Waals surface area contributed by atoms with E-state index < -0.39 is 0 Å². The summed E-state index contributed by atoms with van der Waals surface area (Å²) in [6.45, 7) is 2.21. The number of amides is 1. The van der Waals surface area contributed by atoms with E-state index in [1.807, 2.05) is 0 Å². The van der Waals surface area contributed by atoms with E-state index in [2.05, 4.69) is 17.5 Å². The van der Waals surface area contributed by atoms with Crippen molar-refractivity contribution < 1.29 is 19.0 Å². The highest BCUT2D eigenvalue weighted by atomic mass is 16.5. The molecule has 1 amide bonds. The summed E-state index contributed by atoms with van der Waals surface area (Å²) in [7, 11) is 4.70. The molecule has 1 rings (SSSR count). The van der Waals surface area contributed by atoms with Crippen molar-refractivity contribution in [3.63, 3.8) is 0 Å². The summed E-state index contributed by atoms with van der Waals surface area (Å²) >= 11 is 0. The average molecular weight is 364 g/mol. The number of carbonyl (C=O) groups excluding carboxylic acids is 1. The normalized spacial score (nSPS) is 10.8. The minimum absolute atomic E-state index is 0.0748. The molecule has 0 aliphatic rings. The van der Waals surface area contributed by atoms with Gasteiger partial charge in [0.15, 0.2) is 11.5 Å². The molecular formula is C20H32N2O4. The van der Waals surface area contributed by atoms with Crippen molar-refractivity contribution >= 4 is 12.1 Å². The van der Waals surface area contributed by atoms with Crippen LogP contribution in [0.2, 0.25) is 0 Å². The molecule has 146 valence electrons. The molecule has 0 spiro atoms. The molecule has 0 saturated heterocycles. The number of carbonyl (C=O) groups is 1. The van der Waals surface area contributed by atoms with E-state index in [1.165, 1.54) is 32.1 Å². The second-order valence-corrected chi connectivity index (χ2v) is 6.11. The monoisotopic (exact) mass is 364 g/mol. The summed E-state index contributed by atoms with van der Waals surface area (Å²) in [5, 5.41) is 4.02. The molecule has 0 saturated carbocycles. The van der Waals surface area contributed by atoms with Gasteiger partial charge in [-0.1, -0.05) is 45.4 Å². The van der Waals surface area contributed by atoms with Crippen molar-refractivity contribution in [2.24, 2.45) is 5.10 Å². The molecule has 0 atom stereocenters. The molecule has 0 aromatic heterocycles. The summed E-state index contributed by atoms with van der Waals surface area (Å²) in [6, 6.07) is 3.48. The Bertz CT molecular complexity index is 573. The topological polar surface area (TPSA) is 69.2 Å². The van der Waals surface area contributed by atoms with E-state index in [-0.39, 0.29) is 5.91 Å². The number of hydrazone groups is 1. The number of nitrogens with one attached hydrogen (secondary N) is 1. The highest BCUT2D eigenvalue weighted by Crippen LogP contribution is 2.33.